The zero-order chi connectivity index (χ0) is 24.8. The second-order valence-electron chi connectivity index (χ2n) is 8.01. The molecule has 0 fully saturated rings. The lowest BCUT2D eigenvalue weighted by atomic mass is 10.0. The molecule has 3 rings (SSSR count). The average Bonchev–Trinajstić information content (AvgIpc) is 2.79. The van der Waals surface area contributed by atoms with Gasteiger partial charge in [-0.25, -0.2) is 0 Å². The molecular weight excluding hydrogens is 453 g/mol. The van der Waals surface area contributed by atoms with E-state index in [4.69, 9.17) is 4.74 Å². The summed E-state index contributed by atoms with van der Waals surface area (Å²) in [5, 5.41) is 10.4. The molecule has 0 aliphatic heterocycles. The van der Waals surface area contributed by atoms with E-state index in [2.05, 4.69) is 0 Å². The Hall–Kier alpha value is -3.13. The first-order chi connectivity index (χ1) is 16.1. The maximum Gasteiger partial charge on any atom is 0.458 e. The van der Waals surface area contributed by atoms with Crippen molar-refractivity contribution >= 4 is 5.69 Å². The molecule has 3 aromatic rings. The van der Waals surface area contributed by atoms with Gasteiger partial charge in [-0.05, 0) is 42.3 Å². The minimum Gasteiger partial charge on any atom is -0.457 e. The van der Waals surface area contributed by atoms with Crippen molar-refractivity contribution in [3.05, 3.63) is 90.0 Å². The molecule has 3 nitrogen and oxygen atoms in total. The first-order valence-electron chi connectivity index (χ1n) is 10.9. The number of alkyl halides is 5. The number of hydrogen-bond donors (Lipinski definition) is 1. The number of nitrogens with zero attached hydrogens (tertiary/aromatic N) is 1. The SMILES string of the molecule is CCCC(O)CN(Cc1cccc(C(F)(F)C(F)(F)F)c1)c1cccc(Oc2ccccc2)c1. The van der Waals surface area contributed by atoms with Crippen LogP contribution in [0.3, 0.4) is 0 Å². The van der Waals surface area contributed by atoms with Gasteiger partial charge in [0.05, 0.1) is 6.10 Å². The van der Waals surface area contributed by atoms with Crippen LogP contribution in [0.1, 0.15) is 30.9 Å². The lowest BCUT2D eigenvalue weighted by Gasteiger charge is -2.28. The molecule has 1 atom stereocenters. The Balaban J connectivity index is 1.89. The van der Waals surface area contributed by atoms with E-state index in [1.165, 1.54) is 12.1 Å². The molecule has 0 bridgehead atoms. The van der Waals surface area contributed by atoms with Crippen LogP contribution >= 0.6 is 0 Å². The third-order valence-corrected chi connectivity index (χ3v) is 5.23. The van der Waals surface area contributed by atoms with Gasteiger partial charge in [0.25, 0.3) is 0 Å². The number of halogens is 5. The van der Waals surface area contributed by atoms with E-state index in [-0.39, 0.29) is 18.7 Å². The highest BCUT2D eigenvalue weighted by Crippen LogP contribution is 2.44. The third kappa shape index (κ3) is 6.47. The van der Waals surface area contributed by atoms with Gasteiger partial charge in [-0.15, -0.1) is 0 Å². The third-order valence-electron chi connectivity index (χ3n) is 5.23. The van der Waals surface area contributed by atoms with Gasteiger partial charge in [0, 0.05) is 30.4 Å². The molecule has 0 aromatic heterocycles. The van der Waals surface area contributed by atoms with Crippen LogP contribution in [0.5, 0.6) is 11.5 Å². The van der Waals surface area contributed by atoms with Gasteiger partial charge in [-0.3, -0.25) is 0 Å². The van der Waals surface area contributed by atoms with Gasteiger partial charge in [0.15, 0.2) is 0 Å². The summed E-state index contributed by atoms with van der Waals surface area (Å²) in [5.41, 5.74) is -0.219. The molecule has 1 unspecified atom stereocenters. The maximum atomic E-state index is 13.9. The van der Waals surface area contributed by atoms with Gasteiger partial charge in [-0.1, -0.05) is 55.8 Å². The fourth-order valence-electron chi connectivity index (χ4n) is 3.56. The molecule has 0 saturated carbocycles. The van der Waals surface area contributed by atoms with E-state index in [1.54, 1.807) is 41.3 Å². The molecule has 3 aromatic carbocycles. The zero-order valence-electron chi connectivity index (χ0n) is 18.6. The van der Waals surface area contributed by atoms with Gasteiger partial charge in [0.1, 0.15) is 11.5 Å². The van der Waals surface area contributed by atoms with Crippen molar-refractivity contribution in [2.24, 2.45) is 0 Å². The molecule has 0 heterocycles. The predicted molar refractivity (Wildman–Crippen MR) is 121 cm³/mol. The quantitative estimate of drug-likeness (QED) is 0.310. The van der Waals surface area contributed by atoms with E-state index < -0.39 is 23.8 Å². The van der Waals surface area contributed by atoms with Crippen molar-refractivity contribution in [1.29, 1.82) is 0 Å². The van der Waals surface area contributed by atoms with E-state index in [0.29, 0.717) is 23.6 Å². The maximum absolute atomic E-state index is 13.9. The topological polar surface area (TPSA) is 32.7 Å². The summed E-state index contributed by atoms with van der Waals surface area (Å²) in [4.78, 5) is 1.74. The van der Waals surface area contributed by atoms with Crippen molar-refractivity contribution in [2.75, 3.05) is 11.4 Å². The standard InChI is InChI=1S/C26H26F5NO2/c1-2-8-22(33)18-32(17-19-9-6-10-20(15-19)25(27,28)26(29,30)31)21-11-7-14-24(16-21)34-23-12-4-3-5-13-23/h3-7,9-16,22,33H,2,8,17-18H2,1H3. The summed E-state index contributed by atoms with van der Waals surface area (Å²) < 4.78 is 72.2. The number of aliphatic hydroxyl groups is 1. The highest BCUT2D eigenvalue weighted by Gasteiger charge is 2.58. The number of benzene rings is 3. The molecule has 0 aliphatic carbocycles. The largest absolute Gasteiger partial charge is 0.458 e. The Morgan fingerprint density at radius 3 is 2.21 bits per heavy atom. The van der Waals surface area contributed by atoms with Crippen LogP contribution in [0.2, 0.25) is 0 Å². The normalized spacial score (nSPS) is 12.9. The number of ether oxygens (including phenoxy) is 1. The molecule has 182 valence electrons. The summed E-state index contributed by atoms with van der Waals surface area (Å²) in [6.45, 7) is 2.12. The Morgan fingerprint density at radius 2 is 1.53 bits per heavy atom. The Bertz CT molecular complexity index is 1060. The van der Waals surface area contributed by atoms with Crippen LogP contribution < -0.4 is 9.64 Å². The number of para-hydroxylation sites is 1. The monoisotopic (exact) mass is 479 g/mol. The Morgan fingerprint density at radius 1 is 0.853 bits per heavy atom. The van der Waals surface area contributed by atoms with E-state index in [1.807, 2.05) is 25.1 Å². The Labute approximate surface area is 195 Å². The molecule has 1 N–H and O–H groups in total. The van der Waals surface area contributed by atoms with Crippen molar-refractivity contribution in [2.45, 2.75) is 44.5 Å². The average molecular weight is 479 g/mol. The minimum absolute atomic E-state index is 0.0251. The summed E-state index contributed by atoms with van der Waals surface area (Å²) in [6, 6.07) is 20.4. The van der Waals surface area contributed by atoms with Crippen LogP contribution in [0.15, 0.2) is 78.9 Å². The molecule has 34 heavy (non-hydrogen) atoms. The summed E-state index contributed by atoms with van der Waals surface area (Å²) in [5.74, 6) is -3.81. The number of aliphatic hydroxyl groups excluding tert-OH is 1. The van der Waals surface area contributed by atoms with Crippen molar-refractivity contribution in [3.63, 3.8) is 0 Å². The van der Waals surface area contributed by atoms with Crippen molar-refractivity contribution in [3.8, 4) is 11.5 Å². The molecule has 0 spiro atoms. The lowest BCUT2D eigenvalue weighted by Crippen LogP contribution is -2.34. The first-order valence-corrected chi connectivity index (χ1v) is 10.9. The zero-order valence-corrected chi connectivity index (χ0v) is 18.6. The van der Waals surface area contributed by atoms with Gasteiger partial charge in [-0.2, -0.15) is 22.0 Å². The van der Waals surface area contributed by atoms with Crippen LogP contribution in [-0.4, -0.2) is 23.9 Å². The molecule has 0 aliphatic rings. The van der Waals surface area contributed by atoms with E-state index in [9.17, 15) is 27.1 Å². The van der Waals surface area contributed by atoms with E-state index in [0.717, 1.165) is 18.6 Å². The van der Waals surface area contributed by atoms with Crippen LogP contribution in [0, 0.1) is 0 Å². The molecule has 0 radical (unpaired) electrons. The van der Waals surface area contributed by atoms with Gasteiger partial charge in [0.2, 0.25) is 0 Å². The molecule has 8 heteroatoms. The lowest BCUT2D eigenvalue weighted by molar-refractivity contribution is -0.289. The summed E-state index contributed by atoms with van der Waals surface area (Å²) in [7, 11) is 0. The highest BCUT2D eigenvalue weighted by molar-refractivity contribution is 5.52. The van der Waals surface area contributed by atoms with Crippen molar-refractivity contribution in [1.82, 2.24) is 0 Å². The fourth-order valence-corrected chi connectivity index (χ4v) is 3.56. The first kappa shape index (κ1) is 25.5. The molecule has 0 amide bonds. The van der Waals surface area contributed by atoms with Crippen LogP contribution in [0.25, 0.3) is 0 Å². The van der Waals surface area contributed by atoms with Gasteiger partial charge < -0.3 is 14.7 Å². The predicted octanol–water partition coefficient (Wildman–Crippen LogP) is 7.30. The minimum atomic E-state index is -5.69. The number of hydrogen-bond acceptors (Lipinski definition) is 3. The van der Waals surface area contributed by atoms with Crippen LogP contribution in [0.4, 0.5) is 27.6 Å². The fraction of sp³-hybridized carbons (Fsp3) is 0.308. The summed E-state index contributed by atoms with van der Waals surface area (Å²) >= 11 is 0. The highest BCUT2D eigenvalue weighted by atomic mass is 19.4. The smallest absolute Gasteiger partial charge is 0.457 e. The molecular formula is C26H26F5NO2. The number of rotatable bonds is 10. The number of anilines is 1. The van der Waals surface area contributed by atoms with E-state index >= 15 is 0 Å². The second kappa shape index (κ2) is 10.9. The van der Waals surface area contributed by atoms with Gasteiger partial charge >= 0.3 is 12.1 Å². The summed E-state index contributed by atoms with van der Waals surface area (Å²) in [6.07, 6.45) is -5.14. The molecule has 0 saturated heterocycles. The van der Waals surface area contributed by atoms with Crippen molar-refractivity contribution < 1.29 is 31.8 Å². The van der Waals surface area contributed by atoms with Crippen LogP contribution in [-0.2, 0) is 12.5 Å². The Kier molecular flexibility index (Phi) is 8.15. The second-order valence-corrected chi connectivity index (χ2v) is 8.01.